The van der Waals surface area contributed by atoms with E-state index >= 15 is 0 Å². The summed E-state index contributed by atoms with van der Waals surface area (Å²) in [5, 5.41) is 10.7. The van der Waals surface area contributed by atoms with E-state index in [-0.39, 0.29) is 10.6 Å². The Morgan fingerprint density at radius 3 is 2.72 bits per heavy atom. The maximum Gasteiger partial charge on any atom is 0.269 e. The minimum Gasteiger partial charge on any atom is -0.496 e. The van der Waals surface area contributed by atoms with Crippen LogP contribution in [0.2, 0.25) is 0 Å². The maximum atomic E-state index is 10.7. The predicted octanol–water partition coefficient (Wildman–Crippen LogP) is 4.10. The SMILES string of the molecule is CCCC(Br)CCc1cc([N+](=O)[O-])ccc1OC. The van der Waals surface area contributed by atoms with Crippen LogP contribution in [0.15, 0.2) is 18.2 Å². The monoisotopic (exact) mass is 315 g/mol. The first-order valence-corrected chi connectivity index (χ1v) is 6.95. The van der Waals surface area contributed by atoms with Crippen LogP contribution in [0.4, 0.5) is 5.69 Å². The number of aryl methyl sites for hydroxylation is 1. The van der Waals surface area contributed by atoms with Crippen molar-refractivity contribution in [3.63, 3.8) is 0 Å². The zero-order valence-electron chi connectivity index (χ0n) is 10.7. The highest BCUT2D eigenvalue weighted by Crippen LogP contribution is 2.26. The van der Waals surface area contributed by atoms with Crippen LogP contribution in [0.5, 0.6) is 5.75 Å². The zero-order chi connectivity index (χ0) is 13.5. The molecular weight excluding hydrogens is 298 g/mol. The summed E-state index contributed by atoms with van der Waals surface area (Å²) in [7, 11) is 1.59. The van der Waals surface area contributed by atoms with E-state index in [1.807, 2.05) is 0 Å². The number of rotatable bonds is 7. The van der Waals surface area contributed by atoms with Crippen molar-refractivity contribution in [2.45, 2.75) is 37.4 Å². The Morgan fingerprint density at radius 2 is 2.17 bits per heavy atom. The molecule has 100 valence electrons. The maximum absolute atomic E-state index is 10.7. The van der Waals surface area contributed by atoms with Gasteiger partial charge in [-0.3, -0.25) is 10.1 Å². The Morgan fingerprint density at radius 1 is 1.44 bits per heavy atom. The highest BCUT2D eigenvalue weighted by molar-refractivity contribution is 9.09. The van der Waals surface area contributed by atoms with Crippen molar-refractivity contribution in [3.05, 3.63) is 33.9 Å². The third-order valence-electron chi connectivity index (χ3n) is 2.80. The molecule has 0 radical (unpaired) electrons. The number of methoxy groups -OCH3 is 1. The number of hydrogen-bond acceptors (Lipinski definition) is 3. The van der Waals surface area contributed by atoms with Gasteiger partial charge in [-0.05, 0) is 25.3 Å². The Kier molecular flexibility index (Phi) is 6.12. The van der Waals surface area contributed by atoms with Crippen molar-refractivity contribution < 1.29 is 9.66 Å². The molecule has 1 rings (SSSR count). The van der Waals surface area contributed by atoms with Crippen LogP contribution in [-0.2, 0) is 6.42 Å². The summed E-state index contributed by atoms with van der Waals surface area (Å²) < 4.78 is 5.23. The smallest absolute Gasteiger partial charge is 0.269 e. The molecule has 1 aromatic carbocycles. The highest BCUT2D eigenvalue weighted by atomic mass is 79.9. The largest absolute Gasteiger partial charge is 0.496 e. The topological polar surface area (TPSA) is 52.4 Å². The van der Waals surface area contributed by atoms with Gasteiger partial charge in [-0.2, -0.15) is 0 Å². The van der Waals surface area contributed by atoms with Gasteiger partial charge >= 0.3 is 0 Å². The third kappa shape index (κ3) is 4.29. The van der Waals surface area contributed by atoms with Crippen LogP contribution in [0.3, 0.4) is 0 Å². The van der Waals surface area contributed by atoms with Crippen LogP contribution in [-0.4, -0.2) is 16.9 Å². The van der Waals surface area contributed by atoms with E-state index in [4.69, 9.17) is 4.74 Å². The van der Waals surface area contributed by atoms with E-state index in [2.05, 4.69) is 22.9 Å². The zero-order valence-corrected chi connectivity index (χ0v) is 12.3. The standard InChI is InChI=1S/C13H18BrNO3/c1-3-4-11(14)6-5-10-9-12(15(16)17)7-8-13(10)18-2/h7-9,11H,3-6H2,1-2H3. The summed E-state index contributed by atoms with van der Waals surface area (Å²) in [5.74, 6) is 0.719. The van der Waals surface area contributed by atoms with Crippen LogP contribution < -0.4 is 4.74 Å². The first-order chi connectivity index (χ1) is 8.58. The third-order valence-corrected chi connectivity index (χ3v) is 3.72. The summed E-state index contributed by atoms with van der Waals surface area (Å²) in [6.07, 6.45) is 3.96. The predicted molar refractivity (Wildman–Crippen MR) is 75.6 cm³/mol. The van der Waals surface area contributed by atoms with Crippen molar-refractivity contribution >= 4 is 21.6 Å². The summed E-state index contributed by atoms with van der Waals surface area (Å²) in [6.45, 7) is 2.14. The second-order valence-electron chi connectivity index (χ2n) is 4.18. The number of nitro benzene ring substituents is 1. The normalized spacial score (nSPS) is 12.2. The minimum absolute atomic E-state index is 0.118. The van der Waals surface area contributed by atoms with Gasteiger partial charge in [0.05, 0.1) is 12.0 Å². The fraction of sp³-hybridized carbons (Fsp3) is 0.538. The summed E-state index contributed by atoms with van der Waals surface area (Å²) in [6, 6.07) is 4.74. The van der Waals surface area contributed by atoms with Gasteiger partial charge in [0.25, 0.3) is 5.69 Å². The van der Waals surface area contributed by atoms with Gasteiger partial charge in [-0.25, -0.2) is 0 Å². The number of nitro groups is 1. The van der Waals surface area contributed by atoms with E-state index in [0.717, 1.165) is 37.0 Å². The van der Waals surface area contributed by atoms with E-state index in [0.29, 0.717) is 4.83 Å². The van der Waals surface area contributed by atoms with Crippen LogP contribution in [0.25, 0.3) is 0 Å². The first-order valence-electron chi connectivity index (χ1n) is 6.03. The van der Waals surface area contributed by atoms with Gasteiger partial charge in [-0.15, -0.1) is 0 Å². The van der Waals surface area contributed by atoms with Gasteiger partial charge in [0, 0.05) is 22.5 Å². The molecule has 1 atom stereocenters. The Hall–Kier alpha value is -1.10. The lowest BCUT2D eigenvalue weighted by atomic mass is 10.0. The molecule has 0 bridgehead atoms. The lowest BCUT2D eigenvalue weighted by molar-refractivity contribution is -0.384. The summed E-state index contributed by atoms with van der Waals surface area (Å²) >= 11 is 3.61. The fourth-order valence-electron chi connectivity index (χ4n) is 1.84. The molecule has 0 aliphatic heterocycles. The average Bonchev–Trinajstić information content (AvgIpc) is 2.36. The second kappa shape index (κ2) is 7.36. The quantitative estimate of drug-likeness (QED) is 0.432. The van der Waals surface area contributed by atoms with Crippen LogP contribution in [0, 0.1) is 10.1 Å². The molecule has 0 saturated heterocycles. The summed E-state index contributed by atoms with van der Waals surface area (Å²) in [5.41, 5.74) is 1.01. The lowest BCUT2D eigenvalue weighted by Gasteiger charge is -2.11. The van der Waals surface area contributed by atoms with Crippen molar-refractivity contribution in [3.8, 4) is 5.75 Å². The number of halogens is 1. The summed E-state index contributed by atoms with van der Waals surface area (Å²) in [4.78, 5) is 10.8. The minimum atomic E-state index is -0.374. The number of hydrogen-bond donors (Lipinski definition) is 0. The molecule has 4 nitrogen and oxygen atoms in total. The van der Waals surface area contributed by atoms with E-state index in [1.54, 1.807) is 19.2 Å². The second-order valence-corrected chi connectivity index (χ2v) is 5.47. The van der Waals surface area contributed by atoms with Crippen molar-refractivity contribution in [1.82, 2.24) is 0 Å². The van der Waals surface area contributed by atoms with Gasteiger partial charge in [0.1, 0.15) is 5.75 Å². The number of alkyl halides is 1. The molecule has 0 aliphatic rings. The highest BCUT2D eigenvalue weighted by Gasteiger charge is 2.12. The first kappa shape index (κ1) is 15.0. The molecule has 1 unspecified atom stereocenters. The molecule has 18 heavy (non-hydrogen) atoms. The molecule has 0 amide bonds. The van der Waals surface area contributed by atoms with Crippen molar-refractivity contribution in [2.24, 2.45) is 0 Å². The Bertz CT molecular complexity index is 409. The molecule has 5 heteroatoms. The molecule has 0 spiro atoms. The van der Waals surface area contributed by atoms with Gasteiger partial charge in [-0.1, -0.05) is 29.3 Å². The Balaban J connectivity index is 2.78. The number of ether oxygens (including phenoxy) is 1. The fourth-order valence-corrected chi connectivity index (χ4v) is 2.53. The van der Waals surface area contributed by atoms with Crippen molar-refractivity contribution in [1.29, 1.82) is 0 Å². The molecule has 0 aromatic heterocycles. The van der Waals surface area contributed by atoms with Crippen LogP contribution >= 0.6 is 15.9 Å². The number of benzene rings is 1. The van der Waals surface area contributed by atoms with Gasteiger partial charge in [0.15, 0.2) is 0 Å². The molecule has 0 fully saturated rings. The van der Waals surface area contributed by atoms with E-state index in [9.17, 15) is 10.1 Å². The van der Waals surface area contributed by atoms with E-state index < -0.39 is 0 Å². The van der Waals surface area contributed by atoms with Gasteiger partial charge < -0.3 is 4.74 Å². The molecule has 0 heterocycles. The number of nitrogens with zero attached hydrogens (tertiary/aromatic N) is 1. The molecule has 1 aromatic rings. The molecule has 0 saturated carbocycles. The Labute approximate surface area is 116 Å². The lowest BCUT2D eigenvalue weighted by Crippen LogP contribution is -2.01. The average molecular weight is 316 g/mol. The molecular formula is C13H18BrNO3. The van der Waals surface area contributed by atoms with Crippen molar-refractivity contribution in [2.75, 3.05) is 7.11 Å². The van der Waals surface area contributed by atoms with Gasteiger partial charge in [0.2, 0.25) is 0 Å². The number of non-ortho nitro benzene ring substituents is 1. The molecule has 0 N–H and O–H groups in total. The van der Waals surface area contributed by atoms with E-state index in [1.165, 1.54) is 6.07 Å². The van der Waals surface area contributed by atoms with Crippen LogP contribution in [0.1, 0.15) is 31.7 Å². The molecule has 0 aliphatic carbocycles.